The summed E-state index contributed by atoms with van der Waals surface area (Å²) < 4.78 is 10.6. The van der Waals surface area contributed by atoms with Gasteiger partial charge in [0.05, 0.1) is 17.8 Å². The van der Waals surface area contributed by atoms with Crippen LogP contribution >= 0.6 is 0 Å². The maximum absolute atomic E-state index is 13.0. The van der Waals surface area contributed by atoms with E-state index in [1.165, 1.54) is 0 Å². The van der Waals surface area contributed by atoms with Crippen LogP contribution in [0.1, 0.15) is 23.2 Å². The van der Waals surface area contributed by atoms with Crippen LogP contribution < -0.4 is 5.32 Å². The summed E-state index contributed by atoms with van der Waals surface area (Å²) in [4.78, 5) is 18.3. The van der Waals surface area contributed by atoms with E-state index in [0.717, 1.165) is 53.9 Å². The molecule has 4 rings (SSSR count). The molecule has 0 bridgehead atoms. The van der Waals surface area contributed by atoms with E-state index in [1.54, 1.807) is 12.0 Å². The van der Waals surface area contributed by atoms with Crippen LogP contribution in [0, 0.1) is 0 Å². The first-order chi connectivity index (χ1) is 14.7. The normalized spacial score (nSPS) is 14.7. The summed E-state index contributed by atoms with van der Waals surface area (Å²) >= 11 is 0. The number of anilines is 1. The van der Waals surface area contributed by atoms with Crippen LogP contribution in [0.2, 0.25) is 0 Å². The second kappa shape index (κ2) is 9.32. The summed E-state index contributed by atoms with van der Waals surface area (Å²) in [6, 6.07) is 16.6. The van der Waals surface area contributed by atoms with Crippen LogP contribution in [0.5, 0.6) is 0 Å². The molecule has 6 nitrogen and oxygen atoms in total. The quantitative estimate of drug-likeness (QED) is 0.618. The van der Waals surface area contributed by atoms with Gasteiger partial charge in [0.25, 0.3) is 5.91 Å². The smallest absolute Gasteiger partial charge is 0.253 e. The SMILES string of the molecule is COCCN(C)C(=O)c1cc(NC2CCOCC2)c2[nH]c(-c3ccccc3)cc2c1. The van der Waals surface area contributed by atoms with Crippen LogP contribution in [0.3, 0.4) is 0 Å². The Morgan fingerprint density at radius 1 is 1.20 bits per heavy atom. The number of rotatable bonds is 7. The number of carbonyl (C=O) groups is 1. The highest BCUT2D eigenvalue weighted by Crippen LogP contribution is 2.32. The molecule has 0 saturated carbocycles. The third kappa shape index (κ3) is 4.50. The molecule has 0 radical (unpaired) electrons. The summed E-state index contributed by atoms with van der Waals surface area (Å²) in [5, 5.41) is 4.68. The van der Waals surface area contributed by atoms with E-state index in [9.17, 15) is 4.79 Å². The number of methoxy groups -OCH3 is 1. The number of fused-ring (bicyclic) bond motifs is 1. The minimum Gasteiger partial charge on any atom is -0.383 e. The zero-order valence-corrected chi connectivity index (χ0v) is 17.6. The predicted octanol–water partition coefficient (Wildman–Crippen LogP) is 4.14. The average Bonchev–Trinajstić information content (AvgIpc) is 3.23. The molecule has 0 aliphatic carbocycles. The fourth-order valence-electron chi connectivity index (χ4n) is 3.87. The number of amides is 1. The molecule has 1 fully saturated rings. The van der Waals surface area contributed by atoms with Crippen LogP contribution in [0.4, 0.5) is 5.69 Å². The lowest BCUT2D eigenvalue weighted by atomic mass is 10.1. The maximum Gasteiger partial charge on any atom is 0.253 e. The average molecular weight is 408 g/mol. The van der Waals surface area contributed by atoms with Gasteiger partial charge in [-0.2, -0.15) is 0 Å². The second-order valence-corrected chi connectivity index (χ2v) is 7.79. The van der Waals surface area contributed by atoms with Gasteiger partial charge in [-0.25, -0.2) is 0 Å². The van der Waals surface area contributed by atoms with Gasteiger partial charge in [-0.05, 0) is 36.6 Å². The van der Waals surface area contributed by atoms with Crippen molar-refractivity contribution in [2.24, 2.45) is 0 Å². The molecule has 1 amide bonds. The Kier molecular flexibility index (Phi) is 6.35. The van der Waals surface area contributed by atoms with Crippen molar-refractivity contribution in [2.45, 2.75) is 18.9 Å². The second-order valence-electron chi connectivity index (χ2n) is 7.79. The van der Waals surface area contributed by atoms with Crippen molar-refractivity contribution in [1.82, 2.24) is 9.88 Å². The summed E-state index contributed by atoms with van der Waals surface area (Å²) in [7, 11) is 3.45. The van der Waals surface area contributed by atoms with E-state index in [2.05, 4.69) is 28.5 Å². The van der Waals surface area contributed by atoms with Gasteiger partial charge < -0.3 is 24.7 Å². The number of H-pyrrole nitrogens is 1. The van der Waals surface area contributed by atoms with Gasteiger partial charge in [0.15, 0.2) is 0 Å². The van der Waals surface area contributed by atoms with Crippen molar-refractivity contribution in [2.75, 3.05) is 45.8 Å². The highest BCUT2D eigenvalue weighted by molar-refractivity contribution is 6.03. The summed E-state index contributed by atoms with van der Waals surface area (Å²) in [6.45, 7) is 2.59. The number of ether oxygens (including phenoxy) is 2. The number of nitrogens with one attached hydrogen (secondary N) is 2. The van der Waals surface area contributed by atoms with Crippen molar-refractivity contribution in [1.29, 1.82) is 0 Å². The molecular weight excluding hydrogens is 378 g/mol. The first-order valence-electron chi connectivity index (χ1n) is 10.5. The summed E-state index contributed by atoms with van der Waals surface area (Å²) in [5.74, 6) is -0.00793. The minimum atomic E-state index is -0.00793. The van der Waals surface area contributed by atoms with Crippen molar-refractivity contribution >= 4 is 22.5 Å². The fourth-order valence-corrected chi connectivity index (χ4v) is 3.87. The molecular formula is C24H29N3O3. The van der Waals surface area contributed by atoms with Gasteiger partial charge in [-0.1, -0.05) is 30.3 Å². The predicted molar refractivity (Wildman–Crippen MR) is 120 cm³/mol. The Balaban J connectivity index is 1.72. The molecule has 2 N–H and O–H groups in total. The largest absolute Gasteiger partial charge is 0.383 e. The molecule has 0 atom stereocenters. The first kappa shape index (κ1) is 20.4. The van der Waals surface area contributed by atoms with Gasteiger partial charge >= 0.3 is 0 Å². The molecule has 1 aliphatic rings. The number of benzene rings is 2. The number of aromatic amines is 1. The number of nitrogens with zero attached hydrogens (tertiary/aromatic N) is 1. The highest BCUT2D eigenvalue weighted by Gasteiger charge is 2.19. The Labute approximate surface area is 177 Å². The van der Waals surface area contributed by atoms with E-state index in [1.807, 2.05) is 37.4 Å². The molecule has 0 spiro atoms. The zero-order chi connectivity index (χ0) is 20.9. The molecule has 2 heterocycles. The van der Waals surface area contributed by atoms with Gasteiger partial charge in [-0.3, -0.25) is 4.79 Å². The van der Waals surface area contributed by atoms with Gasteiger partial charge in [0, 0.05) is 56.6 Å². The number of hydrogen-bond donors (Lipinski definition) is 2. The molecule has 30 heavy (non-hydrogen) atoms. The lowest BCUT2D eigenvalue weighted by molar-refractivity contribution is 0.0744. The molecule has 1 aromatic heterocycles. The Hall–Kier alpha value is -2.83. The van der Waals surface area contributed by atoms with Crippen molar-refractivity contribution in [3.8, 4) is 11.3 Å². The third-order valence-electron chi connectivity index (χ3n) is 5.62. The molecule has 158 valence electrons. The summed E-state index contributed by atoms with van der Waals surface area (Å²) in [6.07, 6.45) is 1.92. The molecule has 0 unspecified atom stereocenters. The third-order valence-corrected chi connectivity index (χ3v) is 5.62. The van der Waals surface area contributed by atoms with Crippen LogP contribution in [-0.4, -0.2) is 62.4 Å². The Morgan fingerprint density at radius 3 is 2.70 bits per heavy atom. The van der Waals surface area contributed by atoms with E-state index in [0.29, 0.717) is 24.8 Å². The lowest BCUT2D eigenvalue weighted by Crippen LogP contribution is -2.30. The topological polar surface area (TPSA) is 66.6 Å². The van der Waals surface area contributed by atoms with Crippen molar-refractivity contribution < 1.29 is 14.3 Å². The van der Waals surface area contributed by atoms with Crippen LogP contribution in [0.15, 0.2) is 48.5 Å². The minimum absolute atomic E-state index is 0.00793. The van der Waals surface area contributed by atoms with E-state index >= 15 is 0 Å². The van der Waals surface area contributed by atoms with Gasteiger partial charge in [-0.15, -0.1) is 0 Å². The molecule has 2 aromatic carbocycles. The molecule has 1 aliphatic heterocycles. The number of aromatic nitrogens is 1. The summed E-state index contributed by atoms with van der Waals surface area (Å²) in [5.41, 5.74) is 4.82. The maximum atomic E-state index is 13.0. The standard InChI is InChI=1S/C24H29N3O3/c1-27(10-13-29-2)24(28)19-14-18-15-21(17-6-4-3-5-7-17)26-23(18)22(16-19)25-20-8-11-30-12-9-20/h3-7,14-16,20,25-26H,8-13H2,1-2H3. The van der Waals surface area contributed by atoms with E-state index < -0.39 is 0 Å². The van der Waals surface area contributed by atoms with Crippen LogP contribution in [0.25, 0.3) is 22.2 Å². The van der Waals surface area contributed by atoms with E-state index in [4.69, 9.17) is 9.47 Å². The molecule has 6 heteroatoms. The van der Waals surface area contributed by atoms with Gasteiger partial charge in [0.1, 0.15) is 0 Å². The number of hydrogen-bond acceptors (Lipinski definition) is 4. The molecule has 1 saturated heterocycles. The monoisotopic (exact) mass is 407 g/mol. The number of carbonyl (C=O) groups excluding carboxylic acids is 1. The number of likely N-dealkylation sites (N-methyl/N-ethyl adjacent to an activating group) is 1. The first-order valence-corrected chi connectivity index (χ1v) is 10.5. The van der Waals surface area contributed by atoms with Gasteiger partial charge in [0.2, 0.25) is 0 Å². The molecule has 3 aromatic rings. The van der Waals surface area contributed by atoms with Crippen molar-refractivity contribution in [3.05, 3.63) is 54.1 Å². The zero-order valence-electron chi connectivity index (χ0n) is 17.6. The van der Waals surface area contributed by atoms with Crippen molar-refractivity contribution in [3.63, 3.8) is 0 Å². The Morgan fingerprint density at radius 2 is 1.97 bits per heavy atom. The van der Waals surface area contributed by atoms with Crippen LogP contribution in [-0.2, 0) is 9.47 Å². The highest BCUT2D eigenvalue weighted by atomic mass is 16.5. The fraction of sp³-hybridized carbons (Fsp3) is 0.375. The lowest BCUT2D eigenvalue weighted by Gasteiger charge is -2.25. The Bertz CT molecular complexity index is 994. The van der Waals surface area contributed by atoms with E-state index in [-0.39, 0.29) is 5.91 Å².